The Bertz CT molecular complexity index is 698. The number of hydrogen-bond donors (Lipinski definition) is 1. The normalized spacial score (nSPS) is 20.6. The molecule has 1 amide bonds. The van der Waals surface area contributed by atoms with Crippen molar-refractivity contribution in [2.75, 3.05) is 11.9 Å². The maximum absolute atomic E-state index is 12.1. The first-order valence-corrected chi connectivity index (χ1v) is 8.16. The zero-order chi connectivity index (χ0) is 18.4. The summed E-state index contributed by atoms with van der Waals surface area (Å²) in [5.41, 5.74) is -0.534. The second-order valence-corrected chi connectivity index (χ2v) is 6.27. The van der Waals surface area contributed by atoms with Gasteiger partial charge in [-0.15, -0.1) is 0 Å². The van der Waals surface area contributed by atoms with E-state index in [4.69, 9.17) is 9.47 Å². The third-order valence-electron chi connectivity index (χ3n) is 3.54. The summed E-state index contributed by atoms with van der Waals surface area (Å²) in [6, 6.07) is 1.52. The number of hydrogen-bond acceptors (Lipinski definition) is 6. The number of nitrogens with one attached hydrogen (secondary N) is 1. The molecule has 0 radical (unpaired) electrons. The lowest BCUT2D eigenvalue weighted by atomic mass is 10.1. The first kappa shape index (κ1) is 19.0. The smallest absolute Gasteiger partial charge is 0.351 e. The molecule has 0 saturated carbocycles. The highest BCUT2D eigenvalue weighted by Gasteiger charge is 2.23. The van der Waals surface area contributed by atoms with Crippen molar-refractivity contribution < 1.29 is 19.1 Å². The van der Waals surface area contributed by atoms with Gasteiger partial charge >= 0.3 is 5.69 Å². The van der Waals surface area contributed by atoms with E-state index in [-0.39, 0.29) is 24.4 Å². The third-order valence-corrected chi connectivity index (χ3v) is 3.54. The van der Waals surface area contributed by atoms with E-state index in [1.807, 2.05) is 13.8 Å². The lowest BCUT2D eigenvalue weighted by Gasteiger charge is -2.19. The topological polar surface area (TPSA) is 99.5 Å². The number of ether oxygens (including phenoxy) is 2. The zero-order valence-electron chi connectivity index (χ0n) is 14.5. The summed E-state index contributed by atoms with van der Waals surface area (Å²) < 4.78 is 12.6. The quantitative estimate of drug-likeness (QED) is 0.561. The second kappa shape index (κ2) is 8.68. The maximum Gasteiger partial charge on any atom is 0.351 e. The number of aromatic nitrogens is 2. The van der Waals surface area contributed by atoms with Crippen LogP contribution in [0.4, 0.5) is 5.82 Å². The molecule has 1 aliphatic heterocycles. The maximum atomic E-state index is 12.1. The summed E-state index contributed by atoms with van der Waals surface area (Å²) in [7, 11) is 0. The SMILES string of the molecule is CC(=O)Nc1ccn([C@H]2C=C[C@@H](COC(C=O)CC(C)C)O2)c(=O)n1. The largest absolute Gasteiger partial charge is 0.368 e. The number of amides is 1. The molecule has 0 aliphatic carbocycles. The van der Waals surface area contributed by atoms with E-state index in [0.717, 1.165) is 6.29 Å². The van der Waals surface area contributed by atoms with Crippen LogP contribution in [0.5, 0.6) is 0 Å². The van der Waals surface area contributed by atoms with Gasteiger partial charge in [0.05, 0.1) is 6.61 Å². The van der Waals surface area contributed by atoms with Gasteiger partial charge in [0.1, 0.15) is 24.3 Å². The fraction of sp³-hybridized carbons (Fsp3) is 0.529. The fourth-order valence-electron chi connectivity index (χ4n) is 2.44. The number of rotatable bonds is 8. The molecule has 1 aliphatic rings. The molecule has 1 aromatic rings. The molecule has 3 atom stereocenters. The Morgan fingerprint density at radius 1 is 1.48 bits per heavy atom. The van der Waals surface area contributed by atoms with Crippen LogP contribution in [0.1, 0.15) is 33.4 Å². The molecule has 0 fully saturated rings. The van der Waals surface area contributed by atoms with Crippen LogP contribution in [0.15, 0.2) is 29.2 Å². The fourth-order valence-corrected chi connectivity index (χ4v) is 2.44. The summed E-state index contributed by atoms with van der Waals surface area (Å²) in [4.78, 5) is 37.9. The average Bonchev–Trinajstić information content (AvgIpc) is 2.99. The van der Waals surface area contributed by atoms with Crippen molar-refractivity contribution in [3.05, 3.63) is 34.9 Å². The Morgan fingerprint density at radius 3 is 2.84 bits per heavy atom. The van der Waals surface area contributed by atoms with E-state index in [0.29, 0.717) is 12.3 Å². The molecular formula is C17H23N3O5. The van der Waals surface area contributed by atoms with E-state index in [9.17, 15) is 14.4 Å². The van der Waals surface area contributed by atoms with Gasteiger partial charge < -0.3 is 19.6 Å². The number of carbonyl (C=O) groups is 2. The second-order valence-electron chi connectivity index (χ2n) is 6.27. The molecule has 1 N–H and O–H groups in total. The minimum atomic E-state index is -0.597. The average molecular weight is 349 g/mol. The van der Waals surface area contributed by atoms with E-state index in [1.165, 1.54) is 23.8 Å². The van der Waals surface area contributed by atoms with E-state index >= 15 is 0 Å². The number of anilines is 1. The molecule has 8 heteroatoms. The van der Waals surface area contributed by atoms with Crippen molar-refractivity contribution >= 4 is 18.0 Å². The van der Waals surface area contributed by atoms with Gasteiger partial charge in [-0.05, 0) is 24.5 Å². The Morgan fingerprint density at radius 2 is 2.24 bits per heavy atom. The van der Waals surface area contributed by atoms with Gasteiger partial charge in [0.2, 0.25) is 5.91 Å². The Labute approximate surface area is 145 Å². The van der Waals surface area contributed by atoms with Gasteiger partial charge in [-0.3, -0.25) is 9.36 Å². The summed E-state index contributed by atoms with van der Waals surface area (Å²) in [6.07, 6.45) is 5.07. The highest BCUT2D eigenvalue weighted by atomic mass is 16.6. The lowest BCUT2D eigenvalue weighted by molar-refractivity contribution is -0.122. The molecule has 8 nitrogen and oxygen atoms in total. The minimum Gasteiger partial charge on any atom is -0.368 e. The van der Waals surface area contributed by atoms with Gasteiger partial charge in [0, 0.05) is 13.1 Å². The standard InChI is InChI=1S/C17H23N3O5/c1-11(2)8-14(9-21)24-10-13-4-5-16(25-13)20-7-6-15(18-12(3)22)19-17(20)23/h4-7,9,11,13-14,16H,8,10H2,1-3H3,(H,18,19,22,23)/t13-,14?,16+/m0/s1. The first-order chi connectivity index (χ1) is 11.9. The van der Waals surface area contributed by atoms with Crippen LogP contribution < -0.4 is 11.0 Å². The molecule has 0 aromatic carbocycles. The molecule has 1 unspecified atom stereocenters. The summed E-state index contributed by atoms with van der Waals surface area (Å²) in [5, 5.41) is 2.45. The van der Waals surface area contributed by atoms with Crippen LogP contribution >= 0.6 is 0 Å². The molecule has 2 rings (SSSR count). The molecule has 2 heterocycles. The molecule has 136 valence electrons. The molecular weight excluding hydrogens is 326 g/mol. The van der Waals surface area contributed by atoms with Gasteiger partial charge in [-0.2, -0.15) is 4.98 Å². The summed E-state index contributed by atoms with van der Waals surface area (Å²) >= 11 is 0. The highest BCUT2D eigenvalue weighted by molar-refractivity contribution is 5.87. The molecule has 1 aromatic heterocycles. The number of aldehydes is 1. The van der Waals surface area contributed by atoms with Crippen molar-refractivity contribution in [2.45, 2.75) is 45.6 Å². The number of carbonyl (C=O) groups excluding carboxylic acids is 2. The Kier molecular flexibility index (Phi) is 6.60. The lowest BCUT2D eigenvalue weighted by Crippen LogP contribution is -2.29. The van der Waals surface area contributed by atoms with Gasteiger partial charge in [0.15, 0.2) is 6.23 Å². The zero-order valence-corrected chi connectivity index (χ0v) is 14.5. The van der Waals surface area contributed by atoms with Crippen molar-refractivity contribution in [1.29, 1.82) is 0 Å². The minimum absolute atomic E-state index is 0.193. The monoisotopic (exact) mass is 349 g/mol. The third kappa shape index (κ3) is 5.61. The molecule has 0 spiro atoms. The van der Waals surface area contributed by atoms with Crippen LogP contribution in [0, 0.1) is 5.92 Å². The van der Waals surface area contributed by atoms with Crippen molar-refractivity contribution in [3.8, 4) is 0 Å². The molecule has 0 bridgehead atoms. The molecule has 25 heavy (non-hydrogen) atoms. The van der Waals surface area contributed by atoms with Gasteiger partial charge in [0.25, 0.3) is 0 Å². The van der Waals surface area contributed by atoms with Crippen LogP contribution in [0.25, 0.3) is 0 Å². The van der Waals surface area contributed by atoms with E-state index in [1.54, 1.807) is 12.2 Å². The van der Waals surface area contributed by atoms with Crippen LogP contribution in [-0.4, -0.2) is 40.6 Å². The van der Waals surface area contributed by atoms with Crippen molar-refractivity contribution in [1.82, 2.24) is 9.55 Å². The number of nitrogens with zero attached hydrogens (tertiary/aromatic N) is 2. The van der Waals surface area contributed by atoms with Crippen LogP contribution in [0.3, 0.4) is 0 Å². The van der Waals surface area contributed by atoms with Gasteiger partial charge in [-0.25, -0.2) is 4.79 Å². The van der Waals surface area contributed by atoms with Crippen LogP contribution in [0.2, 0.25) is 0 Å². The van der Waals surface area contributed by atoms with Crippen LogP contribution in [-0.2, 0) is 19.1 Å². The Hall–Kier alpha value is -2.32. The summed E-state index contributed by atoms with van der Waals surface area (Å²) in [5.74, 6) is 0.248. The van der Waals surface area contributed by atoms with Crippen molar-refractivity contribution in [2.24, 2.45) is 5.92 Å². The predicted molar refractivity (Wildman–Crippen MR) is 91.1 cm³/mol. The summed E-state index contributed by atoms with van der Waals surface area (Å²) in [6.45, 7) is 5.61. The Balaban J connectivity index is 1.92. The van der Waals surface area contributed by atoms with Gasteiger partial charge in [-0.1, -0.05) is 19.9 Å². The van der Waals surface area contributed by atoms with Crippen molar-refractivity contribution in [3.63, 3.8) is 0 Å². The predicted octanol–water partition coefficient (Wildman–Crippen LogP) is 1.29. The van der Waals surface area contributed by atoms with E-state index < -0.39 is 18.0 Å². The first-order valence-electron chi connectivity index (χ1n) is 8.16. The molecule has 0 saturated heterocycles. The van der Waals surface area contributed by atoms with E-state index in [2.05, 4.69) is 10.3 Å². The highest BCUT2D eigenvalue weighted by Crippen LogP contribution is 2.20.